The molecule has 0 aliphatic carbocycles. The average molecular weight is 232 g/mol. The third-order valence-corrected chi connectivity index (χ3v) is 2.38. The van der Waals surface area contributed by atoms with Gasteiger partial charge >= 0.3 is 0 Å². The predicted octanol–water partition coefficient (Wildman–Crippen LogP) is 1.63. The highest BCUT2D eigenvalue weighted by Gasteiger charge is 2.09. The Morgan fingerprint density at radius 2 is 2.42 bits per heavy atom. The molecule has 1 heterocycles. The summed E-state index contributed by atoms with van der Waals surface area (Å²) in [7, 11) is 1.95. The molecule has 0 aliphatic rings. The number of rotatable bonds is 3. The minimum atomic E-state index is 0.485. The molecule has 1 atom stereocenters. The molecule has 0 amide bonds. The molecule has 0 bridgehead atoms. The number of nitrogens with two attached hydrogens (primary N) is 1. The van der Waals surface area contributed by atoms with Crippen LogP contribution in [0.1, 0.15) is 25.0 Å². The van der Waals surface area contributed by atoms with E-state index in [0.29, 0.717) is 5.92 Å². The van der Waals surface area contributed by atoms with E-state index in [1.165, 1.54) is 5.69 Å². The summed E-state index contributed by atoms with van der Waals surface area (Å²) in [6.45, 7) is 2.89. The number of aromatic nitrogens is 2. The van der Waals surface area contributed by atoms with Crippen LogP contribution in [0.15, 0.2) is 10.7 Å². The number of nitrogens with zero attached hydrogens (tertiary/aromatic N) is 2. The van der Waals surface area contributed by atoms with Crippen LogP contribution in [0.4, 0.5) is 0 Å². The van der Waals surface area contributed by atoms with Crippen LogP contribution in [0.2, 0.25) is 0 Å². The van der Waals surface area contributed by atoms with Crippen LogP contribution in [0.3, 0.4) is 0 Å². The molecule has 1 aromatic rings. The van der Waals surface area contributed by atoms with Crippen molar-refractivity contribution in [3.63, 3.8) is 0 Å². The normalized spacial score (nSPS) is 13.3. The van der Waals surface area contributed by atoms with E-state index in [0.717, 1.165) is 17.6 Å². The van der Waals surface area contributed by atoms with Gasteiger partial charge in [0.1, 0.15) is 4.60 Å². The summed E-state index contributed by atoms with van der Waals surface area (Å²) in [4.78, 5) is 0. The fraction of sp³-hybridized carbons (Fsp3) is 0.625. The first-order chi connectivity index (χ1) is 5.65. The van der Waals surface area contributed by atoms with E-state index in [2.05, 4.69) is 28.0 Å². The van der Waals surface area contributed by atoms with Gasteiger partial charge in [0.2, 0.25) is 0 Å². The van der Waals surface area contributed by atoms with Crippen molar-refractivity contribution in [2.24, 2.45) is 12.8 Å². The summed E-state index contributed by atoms with van der Waals surface area (Å²) in [5.41, 5.74) is 6.71. The van der Waals surface area contributed by atoms with Gasteiger partial charge in [0.15, 0.2) is 0 Å². The van der Waals surface area contributed by atoms with Crippen LogP contribution >= 0.6 is 15.9 Å². The average Bonchev–Trinajstić information content (AvgIpc) is 2.30. The van der Waals surface area contributed by atoms with Crippen LogP contribution < -0.4 is 5.73 Å². The fourth-order valence-electron chi connectivity index (χ4n) is 1.30. The molecule has 0 aliphatic heterocycles. The minimum Gasteiger partial charge on any atom is -0.330 e. The largest absolute Gasteiger partial charge is 0.330 e. The lowest BCUT2D eigenvalue weighted by atomic mass is 10.0. The van der Waals surface area contributed by atoms with Gasteiger partial charge in [-0.1, -0.05) is 6.92 Å². The monoisotopic (exact) mass is 231 g/mol. The first-order valence-corrected chi connectivity index (χ1v) is 4.84. The Morgan fingerprint density at radius 3 is 2.83 bits per heavy atom. The summed E-state index contributed by atoms with van der Waals surface area (Å²) in [6.07, 6.45) is 1.01. The topological polar surface area (TPSA) is 43.8 Å². The maximum Gasteiger partial charge on any atom is 0.128 e. The van der Waals surface area contributed by atoms with Gasteiger partial charge in [0, 0.05) is 12.7 Å². The molecule has 68 valence electrons. The van der Waals surface area contributed by atoms with Crippen molar-refractivity contribution in [2.45, 2.75) is 19.3 Å². The lowest BCUT2D eigenvalue weighted by Crippen LogP contribution is -2.08. The highest BCUT2D eigenvalue weighted by Crippen LogP contribution is 2.20. The van der Waals surface area contributed by atoms with Crippen LogP contribution in [-0.2, 0) is 7.05 Å². The molecule has 0 saturated heterocycles. The van der Waals surface area contributed by atoms with Gasteiger partial charge in [-0.05, 0) is 40.9 Å². The number of hydrogen-bond acceptors (Lipinski definition) is 2. The SMILES string of the molecule is CC(CCN)c1cc(Br)nn1C. The molecule has 0 saturated carbocycles. The summed E-state index contributed by atoms with van der Waals surface area (Å²) in [6, 6.07) is 2.04. The highest BCUT2D eigenvalue weighted by atomic mass is 79.9. The molecule has 2 N–H and O–H groups in total. The third kappa shape index (κ3) is 2.08. The van der Waals surface area contributed by atoms with E-state index in [4.69, 9.17) is 5.73 Å². The number of halogens is 1. The number of aryl methyl sites for hydroxylation is 1. The summed E-state index contributed by atoms with van der Waals surface area (Å²) in [5.74, 6) is 0.485. The van der Waals surface area contributed by atoms with E-state index < -0.39 is 0 Å². The Morgan fingerprint density at radius 1 is 1.75 bits per heavy atom. The van der Waals surface area contributed by atoms with Gasteiger partial charge in [-0.15, -0.1) is 0 Å². The molecule has 3 nitrogen and oxygen atoms in total. The third-order valence-electron chi connectivity index (χ3n) is 1.99. The molecule has 1 unspecified atom stereocenters. The molecule has 0 aromatic carbocycles. The second-order valence-corrected chi connectivity index (χ2v) is 3.81. The van der Waals surface area contributed by atoms with Crippen LogP contribution in [0.5, 0.6) is 0 Å². The molecule has 12 heavy (non-hydrogen) atoms. The molecule has 4 heteroatoms. The predicted molar refractivity (Wildman–Crippen MR) is 53.0 cm³/mol. The van der Waals surface area contributed by atoms with Crippen molar-refractivity contribution in [3.8, 4) is 0 Å². The maximum absolute atomic E-state index is 5.48. The van der Waals surface area contributed by atoms with Gasteiger partial charge in [0.25, 0.3) is 0 Å². The Kier molecular flexibility index (Phi) is 3.29. The Bertz CT molecular complexity index is 257. The highest BCUT2D eigenvalue weighted by molar-refractivity contribution is 9.10. The molecule has 0 fully saturated rings. The van der Waals surface area contributed by atoms with Gasteiger partial charge in [0.05, 0.1) is 0 Å². The minimum absolute atomic E-state index is 0.485. The van der Waals surface area contributed by atoms with Crippen molar-refractivity contribution in [1.29, 1.82) is 0 Å². The second-order valence-electron chi connectivity index (χ2n) is 2.99. The Labute approximate surface area is 81.1 Å². The quantitative estimate of drug-likeness (QED) is 0.860. The van der Waals surface area contributed by atoms with Crippen molar-refractivity contribution in [3.05, 3.63) is 16.4 Å². The molecule has 0 spiro atoms. The molecular formula is C8H14BrN3. The Balaban J connectivity index is 2.79. The van der Waals surface area contributed by atoms with Gasteiger partial charge in [-0.2, -0.15) is 5.10 Å². The molecule has 1 rings (SSSR count). The zero-order valence-electron chi connectivity index (χ0n) is 7.42. The van der Waals surface area contributed by atoms with E-state index in [1.807, 2.05) is 17.8 Å². The molecular weight excluding hydrogens is 218 g/mol. The van der Waals surface area contributed by atoms with Gasteiger partial charge < -0.3 is 5.73 Å². The van der Waals surface area contributed by atoms with E-state index in [1.54, 1.807) is 0 Å². The zero-order chi connectivity index (χ0) is 9.14. The molecule has 0 radical (unpaired) electrons. The lowest BCUT2D eigenvalue weighted by molar-refractivity contribution is 0.606. The van der Waals surface area contributed by atoms with Gasteiger partial charge in [-0.25, -0.2) is 0 Å². The fourth-order valence-corrected chi connectivity index (χ4v) is 1.78. The van der Waals surface area contributed by atoms with Crippen molar-refractivity contribution in [2.75, 3.05) is 6.54 Å². The van der Waals surface area contributed by atoms with E-state index in [-0.39, 0.29) is 0 Å². The first kappa shape index (κ1) is 9.74. The van der Waals surface area contributed by atoms with E-state index >= 15 is 0 Å². The van der Waals surface area contributed by atoms with Crippen LogP contribution in [0, 0.1) is 0 Å². The zero-order valence-corrected chi connectivity index (χ0v) is 9.00. The van der Waals surface area contributed by atoms with Crippen LogP contribution in [-0.4, -0.2) is 16.3 Å². The van der Waals surface area contributed by atoms with Crippen molar-refractivity contribution >= 4 is 15.9 Å². The second kappa shape index (κ2) is 4.05. The summed E-state index contributed by atoms with van der Waals surface area (Å²) in [5, 5.41) is 4.21. The lowest BCUT2D eigenvalue weighted by Gasteiger charge is -2.09. The number of hydrogen-bond donors (Lipinski definition) is 1. The molecule has 1 aromatic heterocycles. The first-order valence-electron chi connectivity index (χ1n) is 4.04. The van der Waals surface area contributed by atoms with Gasteiger partial charge in [-0.3, -0.25) is 4.68 Å². The van der Waals surface area contributed by atoms with Crippen molar-refractivity contribution in [1.82, 2.24) is 9.78 Å². The summed E-state index contributed by atoms with van der Waals surface area (Å²) < 4.78 is 2.79. The van der Waals surface area contributed by atoms with Crippen LogP contribution in [0.25, 0.3) is 0 Å². The van der Waals surface area contributed by atoms with Crippen molar-refractivity contribution < 1.29 is 0 Å². The Hall–Kier alpha value is -0.350. The maximum atomic E-state index is 5.48. The smallest absolute Gasteiger partial charge is 0.128 e. The summed E-state index contributed by atoms with van der Waals surface area (Å²) >= 11 is 3.34. The standard InChI is InChI=1S/C8H14BrN3/c1-6(3-4-10)7-5-8(9)11-12(7)2/h5-6H,3-4,10H2,1-2H3. The van der Waals surface area contributed by atoms with E-state index in [9.17, 15) is 0 Å².